The largest absolute Gasteiger partial charge is 0.466 e. The number of benzene rings is 2. The van der Waals surface area contributed by atoms with Crippen LogP contribution in [0, 0.1) is 11.8 Å². The van der Waals surface area contributed by atoms with Crippen LogP contribution >= 0.6 is 11.6 Å². The number of nitrogens with zero attached hydrogens (tertiary/aromatic N) is 1. The number of carbonyl (C=O) groups is 3. The number of carbonyl (C=O) groups excluding carboxylic acids is 3. The first-order valence-electron chi connectivity index (χ1n) is 13.2. The molecular weight excluding hydrogens is 508 g/mol. The number of esters is 1. The monoisotopic (exact) mass is 540 g/mol. The highest BCUT2D eigenvalue weighted by Crippen LogP contribution is 2.64. The molecule has 0 radical (unpaired) electrons. The van der Waals surface area contributed by atoms with Crippen molar-refractivity contribution < 1.29 is 29.0 Å². The summed E-state index contributed by atoms with van der Waals surface area (Å²) in [5.74, 6) is -2.95. The van der Waals surface area contributed by atoms with Crippen LogP contribution in [0.3, 0.4) is 0 Å². The van der Waals surface area contributed by atoms with Crippen LogP contribution in [-0.2, 0) is 30.3 Å². The van der Waals surface area contributed by atoms with Crippen molar-refractivity contribution in [3.8, 4) is 0 Å². The fourth-order valence-corrected chi connectivity index (χ4v) is 6.95. The number of anilines is 1. The lowest BCUT2D eigenvalue weighted by Gasteiger charge is -2.37. The predicted molar refractivity (Wildman–Crippen MR) is 141 cm³/mol. The molecular formula is C29H33ClN2O6. The molecule has 3 saturated heterocycles. The number of likely N-dealkylation sites (tertiary alicyclic amines) is 1. The molecule has 8 nitrogen and oxygen atoms in total. The minimum Gasteiger partial charge on any atom is -0.466 e. The molecule has 0 aliphatic carbocycles. The Morgan fingerprint density at radius 1 is 1.16 bits per heavy atom. The van der Waals surface area contributed by atoms with E-state index in [2.05, 4.69) is 5.32 Å². The average Bonchev–Trinajstić information content (AvgIpc) is 3.53. The smallest absolute Gasteiger partial charge is 0.312 e. The maximum Gasteiger partial charge on any atom is 0.312 e. The topological polar surface area (TPSA) is 105 Å². The summed E-state index contributed by atoms with van der Waals surface area (Å²) >= 11 is 6.02. The maximum absolute atomic E-state index is 14.3. The Bertz CT molecular complexity index is 1210. The van der Waals surface area contributed by atoms with Crippen molar-refractivity contribution in [3.63, 3.8) is 0 Å². The van der Waals surface area contributed by atoms with Crippen LogP contribution in [0.25, 0.3) is 0 Å². The number of aliphatic hydroxyl groups is 1. The minimum absolute atomic E-state index is 0.181. The van der Waals surface area contributed by atoms with Crippen molar-refractivity contribution in [3.05, 3.63) is 65.2 Å². The number of fused-ring (bicyclic) bond motifs is 1. The van der Waals surface area contributed by atoms with Gasteiger partial charge in [-0.3, -0.25) is 14.4 Å². The number of ether oxygens (including phenoxy) is 2. The second-order valence-corrected chi connectivity index (χ2v) is 10.8. The first-order chi connectivity index (χ1) is 18.3. The van der Waals surface area contributed by atoms with Crippen LogP contribution in [-0.4, -0.2) is 64.3 Å². The van der Waals surface area contributed by atoms with Crippen molar-refractivity contribution in [1.29, 1.82) is 0 Å². The van der Waals surface area contributed by atoms with E-state index in [0.29, 0.717) is 36.4 Å². The van der Waals surface area contributed by atoms with Gasteiger partial charge in [-0.2, -0.15) is 0 Å². The second kappa shape index (κ2) is 10.3. The van der Waals surface area contributed by atoms with E-state index in [9.17, 15) is 19.5 Å². The number of halogens is 1. The lowest BCUT2D eigenvalue weighted by atomic mass is 9.65. The Morgan fingerprint density at radius 3 is 2.50 bits per heavy atom. The molecule has 2 unspecified atom stereocenters. The van der Waals surface area contributed by atoms with Gasteiger partial charge in [0.15, 0.2) is 0 Å². The van der Waals surface area contributed by atoms with E-state index in [1.807, 2.05) is 37.3 Å². The Morgan fingerprint density at radius 2 is 1.87 bits per heavy atom. The number of amides is 2. The van der Waals surface area contributed by atoms with Crippen LogP contribution in [0.4, 0.5) is 5.69 Å². The summed E-state index contributed by atoms with van der Waals surface area (Å²) in [6.07, 6.45) is 1.85. The molecule has 1 spiro atoms. The van der Waals surface area contributed by atoms with Gasteiger partial charge < -0.3 is 24.8 Å². The van der Waals surface area contributed by atoms with Gasteiger partial charge in [-0.15, -0.1) is 0 Å². The third-order valence-corrected chi connectivity index (χ3v) is 8.69. The molecule has 2 bridgehead atoms. The van der Waals surface area contributed by atoms with E-state index in [1.54, 1.807) is 31.2 Å². The predicted octanol–water partition coefficient (Wildman–Crippen LogP) is 3.60. The van der Waals surface area contributed by atoms with Gasteiger partial charge in [0.2, 0.25) is 11.8 Å². The molecule has 2 aromatic carbocycles. The zero-order valence-electron chi connectivity index (χ0n) is 21.6. The third-order valence-electron chi connectivity index (χ3n) is 8.44. The van der Waals surface area contributed by atoms with Gasteiger partial charge in [0.05, 0.1) is 30.8 Å². The zero-order chi connectivity index (χ0) is 27.1. The summed E-state index contributed by atoms with van der Waals surface area (Å²) in [5, 5.41) is 14.0. The second-order valence-electron chi connectivity index (χ2n) is 10.4. The lowest BCUT2D eigenvalue weighted by Crippen LogP contribution is -2.57. The van der Waals surface area contributed by atoms with Crippen molar-refractivity contribution in [2.75, 3.05) is 18.5 Å². The average molecular weight is 541 g/mol. The molecule has 38 heavy (non-hydrogen) atoms. The molecule has 9 heteroatoms. The van der Waals surface area contributed by atoms with E-state index in [1.165, 1.54) is 4.90 Å². The van der Waals surface area contributed by atoms with Crippen LogP contribution in [0.1, 0.15) is 38.7 Å². The van der Waals surface area contributed by atoms with E-state index in [-0.39, 0.29) is 19.1 Å². The first kappa shape index (κ1) is 26.7. The standard InChI is InChI=1S/C29H33ClN2O6/c1-3-28-14-15-29(38-28)22(23(28)27(36)37-4-2)26(35)32(21(17-33)16-18-8-6-5-7-9-18)24(29)25(34)31-20-12-10-19(30)11-13-20/h5-13,21-24,33H,3-4,14-17H2,1-2H3,(H,31,34)/t21-,22+,23-,24?,28+,29?/m1/s1. The fourth-order valence-electron chi connectivity index (χ4n) is 6.82. The summed E-state index contributed by atoms with van der Waals surface area (Å²) < 4.78 is 12.1. The summed E-state index contributed by atoms with van der Waals surface area (Å²) in [5.41, 5.74) is -0.630. The highest BCUT2D eigenvalue weighted by atomic mass is 35.5. The number of rotatable bonds is 9. The van der Waals surface area contributed by atoms with Gasteiger partial charge in [0.25, 0.3) is 0 Å². The molecule has 0 saturated carbocycles. The number of nitrogens with one attached hydrogen (secondary N) is 1. The fraction of sp³-hybridized carbons (Fsp3) is 0.483. The molecule has 3 aliphatic heterocycles. The van der Waals surface area contributed by atoms with Crippen molar-refractivity contribution in [1.82, 2.24) is 4.90 Å². The molecule has 2 amide bonds. The van der Waals surface area contributed by atoms with Crippen LogP contribution in [0.5, 0.6) is 0 Å². The molecule has 0 aromatic heterocycles. The van der Waals surface area contributed by atoms with E-state index in [4.69, 9.17) is 21.1 Å². The molecule has 2 aromatic rings. The summed E-state index contributed by atoms with van der Waals surface area (Å²) in [7, 11) is 0. The zero-order valence-corrected chi connectivity index (χ0v) is 22.3. The molecule has 3 aliphatic rings. The SMILES string of the molecule is CCOC(=O)[C@H]1[C@H]2C(=O)N([C@@H](CO)Cc3ccccc3)C(C(=O)Nc3ccc(Cl)cc3)C23CC[C@]1(CC)O3. The van der Waals surface area contributed by atoms with Crippen LogP contribution in [0.2, 0.25) is 5.02 Å². The highest BCUT2D eigenvalue weighted by molar-refractivity contribution is 6.30. The van der Waals surface area contributed by atoms with Crippen molar-refractivity contribution >= 4 is 35.1 Å². The Kier molecular flexibility index (Phi) is 7.24. The first-order valence-corrected chi connectivity index (χ1v) is 13.6. The quantitative estimate of drug-likeness (QED) is 0.471. The maximum atomic E-state index is 14.3. The van der Waals surface area contributed by atoms with Gasteiger partial charge in [-0.05, 0) is 62.4 Å². The molecule has 3 fully saturated rings. The van der Waals surface area contributed by atoms with E-state index >= 15 is 0 Å². The van der Waals surface area contributed by atoms with Crippen molar-refractivity contribution in [2.45, 2.75) is 62.8 Å². The molecule has 202 valence electrons. The van der Waals surface area contributed by atoms with Gasteiger partial charge in [-0.25, -0.2) is 0 Å². The number of hydrogen-bond donors (Lipinski definition) is 2. The number of aliphatic hydroxyl groups excluding tert-OH is 1. The van der Waals surface area contributed by atoms with Crippen LogP contribution < -0.4 is 5.32 Å². The molecule has 3 heterocycles. The Labute approximate surface area is 227 Å². The Hall–Kier alpha value is -2.94. The molecule has 5 rings (SSSR count). The third kappa shape index (κ3) is 4.19. The summed E-state index contributed by atoms with van der Waals surface area (Å²) in [4.78, 5) is 43.1. The lowest BCUT2D eigenvalue weighted by molar-refractivity contribution is -0.161. The molecule has 6 atom stereocenters. The minimum atomic E-state index is -1.20. The number of hydrogen-bond acceptors (Lipinski definition) is 6. The van der Waals surface area contributed by atoms with Gasteiger partial charge in [-0.1, -0.05) is 48.9 Å². The normalized spacial score (nSPS) is 30.3. The van der Waals surface area contributed by atoms with Crippen molar-refractivity contribution in [2.24, 2.45) is 11.8 Å². The summed E-state index contributed by atoms with van der Waals surface area (Å²) in [6, 6.07) is 14.5. The van der Waals surface area contributed by atoms with Gasteiger partial charge in [0, 0.05) is 10.7 Å². The summed E-state index contributed by atoms with van der Waals surface area (Å²) in [6.45, 7) is 3.49. The Balaban J connectivity index is 1.58. The van der Waals surface area contributed by atoms with E-state index in [0.717, 1.165) is 5.56 Å². The highest BCUT2D eigenvalue weighted by Gasteiger charge is 2.79. The van der Waals surface area contributed by atoms with E-state index < -0.39 is 47.0 Å². The van der Waals surface area contributed by atoms with Gasteiger partial charge >= 0.3 is 5.97 Å². The molecule has 2 N–H and O–H groups in total. The van der Waals surface area contributed by atoms with Crippen LogP contribution in [0.15, 0.2) is 54.6 Å². The van der Waals surface area contributed by atoms with Gasteiger partial charge in [0.1, 0.15) is 17.6 Å².